The summed E-state index contributed by atoms with van der Waals surface area (Å²) in [6.45, 7) is 7.97. The molecule has 0 N–H and O–H groups in total. The van der Waals surface area contributed by atoms with Gasteiger partial charge in [-0.1, -0.05) is 28.7 Å². The summed E-state index contributed by atoms with van der Waals surface area (Å²) < 4.78 is 1.84. The van der Waals surface area contributed by atoms with Crippen molar-refractivity contribution in [3.63, 3.8) is 0 Å². The van der Waals surface area contributed by atoms with Gasteiger partial charge in [0.05, 0.1) is 13.3 Å². The maximum Gasteiger partial charge on any atom is 0.120 e. The van der Waals surface area contributed by atoms with Gasteiger partial charge in [-0.3, -0.25) is 9.57 Å². The zero-order valence-electron chi connectivity index (χ0n) is 12.4. The number of rotatable bonds is 8. The second-order valence-electron chi connectivity index (χ2n) is 4.29. The van der Waals surface area contributed by atoms with Crippen LogP contribution in [0.15, 0.2) is 45.8 Å². The fourth-order valence-electron chi connectivity index (χ4n) is 1.58. The Hall–Kier alpha value is -1.13. The van der Waals surface area contributed by atoms with Gasteiger partial charge in [0, 0.05) is 24.1 Å². The van der Waals surface area contributed by atoms with Crippen molar-refractivity contribution in [2.24, 2.45) is 4.99 Å². The standard InChI is InChI=1S/C16H22N2S2/c1-5-14(10-17-2)12-19-13-20-16-9-7-6-8-15(16)11-18(3)4/h5-11H,3,12-13H2,1-2,4H3/b14-5-,17-10?. The van der Waals surface area contributed by atoms with Gasteiger partial charge in [-0.15, -0.1) is 23.9 Å². The van der Waals surface area contributed by atoms with E-state index in [1.807, 2.05) is 55.0 Å². The number of benzene rings is 1. The summed E-state index contributed by atoms with van der Waals surface area (Å²) in [4.78, 5) is 5.35. The maximum atomic E-state index is 4.06. The highest BCUT2D eigenvalue weighted by molar-refractivity contribution is 8.16. The first-order valence-electron chi connectivity index (χ1n) is 6.42. The Kier molecular flexibility index (Phi) is 8.23. The van der Waals surface area contributed by atoms with Crippen LogP contribution in [0.25, 0.3) is 0 Å². The molecule has 0 bridgehead atoms. The van der Waals surface area contributed by atoms with E-state index in [4.69, 9.17) is 0 Å². The lowest BCUT2D eigenvalue weighted by molar-refractivity contribution is -0.439. The van der Waals surface area contributed by atoms with Crippen LogP contribution in [-0.2, 0) is 0 Å². The molecule has 1 aromatic carbocycles. The average Bonchev–Trinajstić information content (AvgIpc) is 2.43. The van der Waals surface area contributed by atoms with Gasteiger partial charge in [0.1, 0.15) is 7.05 Å². The molecule has 0 unspecified atom stereocenters. The van der Waals surface area contributed by atoms with Crippen LogP contribution in [-0.4, -0.2) is 42.4 Å². The average molecular weight is 306 g/mol. The molecule has 4 heteroatoms. The van der Waals surface area contributed by atoms with E-state index in [9.17, 15) is 0 Å². The maximum absolute atomic E-state index is 4.06. The third-order valence-corrected chi connectivity index (χ3v) is 4.87. The normalized spacial score (nSPS) is 11.8. The van der Waals surface area contributed by atoms with Crippen LogP contribution >= 0.6 is 23.5 Å². The van der Waals surface area contributed by atoms with Gasteiger partial charge in [0.15, 0.2) is 0 Å². The van der Waals surface area contributed by atoms with Crippen molar-refractivity contribution in [3.8, 4) is 0 Å². The van der Waals surface area contributed by atoms with E-state index in [-0.39, 0.29) is 0 Å². The van der Waals surface area contributed by atoms with Gasteiger partial charge in [-0.05, 0) is 12.5 Å². The first kappa shape index (κ1) is 16.9. The van der Waals surface area contributed by atoms with Gasteiger partial charge < -0.3 is 0 Å². The first-order valence-corrected chi connectivity index (χ1v) is 8.56. The molecular formula is C16H22N2S2. The molecule has 0 aliphatic heterocycles. The van der Waals surface area contributed by atoms with Gasteiger partial charge in [0.25, 0.3) is 0 Å². The van der Waals surface area contributed by atoms with E-state index in [1.165, 1.54) is 16.0 Å². The predicted molar refractivity (Wildman–Crippen MR) is 94.5 cm³/mol. The SMILES string of the molecule is C=[N+](C)[CH-]c1ccccc1SCSC/C(C=NC)=C\C. The Balaban J connectivity index is 2.48. The minimum Gasteiger partial charge on any atom is -0.296 e. The number of nitrogens with zero attached hydrogens (tertiary/aromatic N) is 2. The summed E-state index contributed by atoms with van der Waals surface area (Å²) in [6, 6.07) is 8.41. The molecule has 0 radical (unpaired) electrons. The van der Waals surface area contributed by atoms with E-state index < -0.39 is 0 Å². The predicted octanol–water partition coefficient (Wildman–Crippen LogP) is 3.97. The number of allylic oxidation sites excluding steroid dienone is 1. The summed E-state index contributed by atoms with van der Waals surface area (Å²) in [6.07, 6.45) is 4.04. The van der Waals surface area contributed by atoms with Crippen LogP contribution in [0.2, 0.25) is 0 Å². The quantitative estimate of drug-likeness (QED) is 0.180. The fourth-order valence-corrected chi connectivity index (χ4v) is 3.70. The molecular weight excluding hydrogens is 284 g/mol. The van der Waals surface area contributed by atoms with Gasteiger partial charge in [0.2, 0.25) is 0 Å². The molecule has 2 nitrogen and oxygen atoms in total. The minimum atomic E-state index is 1.00. The van der Waals surface area contributed by atoms with Crippen molar-refractivity contribution in [1.82, 2.24) is 0 Å². The first-order chi connectivity index (χ1) is 9.67. The molecule has 0 aromatic heterocycles. The van der Waals surface area contributed by atoms with E-state index in [2.05, 4.69) is 49.0 Å². The largest absolute Gasteiger partial charge is 0.296 e. The lowest BCUT2D eigenvalue weighted by atomic mass is 10.2. The zero-order valence-corrected chi connectivity index (χ0v) is 14.0. The van der Waals surface area contributed by atoms with E-state index in [1.54, 1.807) is 0 Å². The van der Waals surface area contributed by atoms with E-state index in [0.717, 1.165) is 10.8 Å². The molecule has 1 aromatic rings. The second-order valence-corrected chi connectivity index (χ2v) is 6.65. The smallest absolute Gasteiger partial charge is 0.120 e. The van der Waals surface area contributed by atoms with Gasteiger partial charge in [-0.25, -0.2) is 0 Å². The van der Waals surface area contributed by atoms with Crippen LogP contribution in [0.3, 0.4) is 0 Å². The van der Waals surface area contributed by atoms with Crippen molar-refractivity contribution >= 4 is 36.5 Å². The van der Waals surface area contributed by atoms with Crippen LogP contribution < -0.4 is 0 Å². The van der Waals surface area contributed by atoms with Gasteiger partial charge in [-0.2, -0.15) is 11.8 Å². The Morgan fingerprint density at radius 3 is 2.85 bits per heavy atom. The summed E-state index contributed by atoms with van der Waals surface area (Å²) in [5.74, 6) is 1.00. The molecule has 0 saturated heterocycles. The Labute approximate surface area is 131 Å². The molecule has 0 aliphatic carbocycles. The van der Waals surface area contributed by atoms with Crippen molar-refractivity contribution in [1.29, 1.82) is 0 Å². The molecule has 108 valence electrons. The van der Waals surface area contributed by atoms with Crippen molar-refractivity contribution < 1.29 is 4.58 Å². The molecule has 0 fully saturated rings. The lowest BCUT2D eigenvalue weighted by Gasteiger charge is -2.12. The molecule has 0 heterocycles. The van der Waals surface area contributed by atoms with Crippen molar-refractivity contribution in [3.05, 3.63) is 48.0 Å². The van der Waals surface area contributed by atoms with Crippen molar-refractivity contribution in [2.45, 2.75) is 11.8 Å². The zero-order chi connectivity index (χ0) is 14.8. The molecule has 20 heavy (non-hydrogen) atoms. The van der Waals surface area contributed by atoms with Crippen LogP contribution in [0.1, 0.15) is 12.5 Å². The monoisotopic (exact) mass is 306 g/mol. The van der Waals surface area contributed by atoms with Crippen molar-refractivity contribution in [2.75, 3.05) is 24.9 Å². The molecule has 0 saturated carbocycles. The third-order valence-electron chi connectivity index (χ3n) is 2.51. The molecule has 0 spiro atoms. The Bertz CT molecular complexity index is 493. The minimum absolute atomic E-state index is 1.00. The molecule has 0 amide bonds. The topological polar surface area (TPSA) is 15.4 Å². The van der Waals surface area contributed by atoms with Crippen LogP contribution in [0.4, 0.5) is 0 Å². The summed E-state index contributed by atoms with van der Waals surface area (Å²) in [5.41, 5.74) is 2.49. The lowest BCUT2D eigenvalue weighted by Crippen LogP contribution is -2.00. The third kappa shape index (κ3) is 6.35. The molecule has 1 rings (SSSR count). The molecule has 0 aliphatic rings. The summed E-state index contributed by atoms with van der Waals surface area (Å²) >= 11 is 3.77. The number of thioether (sulfide) groups is 2. The number of hydrogen-bond donors (Lipinski definition) is 0. The van der Waals surface area contributed by atoms with E-state index in [0.29, 0.717) is 0 Å². The highest BCUT2D eigenvalue weighted by Crippen LogP contribution is 2.27. The number of aliphatic imine (C=N–C) groups is 1. The highest BCUT2D eigenvalue weighted by Gasteiger charge is 2.00. The summed E-state index contributed by atoms with van der Waals surface area (Å²) in [5, 5.41) is 1.03. The second kappa shape index (κ2) is 9.72. The van der Waals surface area contributed by atoms with Crippen LogP contribution in [0, 0.1) is 6.54 Å². The highest BCUT2D eigenvalue weighted by atomic mass is 32.2. The Morgan fingerprint density at radius 1 is 1.45 bits per heavy atom. The van der Waals surface area contributed by atoms with Gasteiger partial charge >= 0.3 is 0 Å². The molecule has 0 atom stereocenters. The van der Waals surface area contributed by atoms with Crippen LogP contribution in [0.5, 0.6) is 0 Å². The fraction of sp³-hybridized carbons (Fsp3) is 0.312. The summed E-state index contributed by atoms with van der Waals surface area (Å²) in [7, 11) is 3.75. The number of hydrogen-bond acceptors (Lipinski definition) is 3. The Morgan fingerprint density at radius 2 is 2.20 bits per heavy atom. The van der Waals surface area contributed by atoms with E-state index >= 15 is 0 Å².